The smallest absolute Gasteiger partial charge is 0.259 e. The zero-order valence-electron chi connectivity index (χ0n) is 17.8. The molecule has 3 fully saturated rings. The van der Waals surface area contributed by atoms with Crippen molar-refractivity contribution in [2.75, 3.05) is 12.4 Å². The van der Waals surface area contributed by atoms with E-state index in [1.807, 2.05) is 42.8 Å². The molecule has 0 unspecified atom stereocenters. The molecule has 0 saturated heterocycles. The van der Waals surface area contributed by atoms with Gasteiger partial charge in [0.1, 0.15) is 22.8 Å². The SMILES string of the molecule is COc1ccccc1C(=O)Nc1cn2cc(C34CC(C#N)(C3)C4)nc2cc1OC(C)C. The summed E-state index contributed by atoms with van der Waals surface area (Å²) in [6.07, 6.45) is 6.43. The number of aromatic nitrogens is 2. The normalized spacial score (nSPS) is 23.6. The van der Waals surface area contributed by atoms with Gasteiger partial charge in [0, 0.05) is 23.9 Å². The Balaban J connectivity index is 1.49. The second-order valence-corrected chi connectivity index (χ2v) is 8.97. The molecular weight excluding hydrogens is 392 g/mol. The number of nitrogens with zero attached hydrogens (tertiary/aromatic N) is 3. The number of imidazole rings is 1. The van der Waals surface area contributed by atoms with Crippen LogP contribution in [0.15, 0.2) is 42.7 Å². The number of hydrogen-bond donors (Lipinski definition) is 1. The molecule has 1 aromatic carbocycles. The third-order valence-corrected chi connectivity index (χ3v) is 6.33. The summed E-state index contributed by atoms with van der Waals surface area (Å²) in [6.45, 7) is 3.88. The monoisotopic (exact) mass is 416 g/mol. The minimum Gasteiger partial charge on any atom is -0.496 e. The fourth-order valence-electron chi connectivity index (χ4n) is 4.92. The summed E-state index contributed by atoms with van der Waals surface area (Å²) < 4.78 is 13.2. The summed E-state index contributed by atoms with van der Waals surface area (Å²) in [6, 6.07) is 11.4. The van der Waals surface area contributed by atoms with Gasteiger partial charge < -0.3 is 19.2 Å². The van der Waals surface area contributed by atoms with Crippen LogP contribution in [-0.2, 0) is 5.41 Å². The first-order valence-electron chi connectivity index (χ1n) is 10.4. The van der Waals surface area contributed by atoms with Crippen molar-refractivity contribution in [2.45, 2.75) is 44.6 Å². The van der Waals surface area contributed by atoms with Crippen LogP contribution in [0.3, 0.4) is 0 Å². The summed E-state index contributed by atoms with van der Waals surface area (Å²) in [5, 5.41) is 12.3. The van der Waals surface area contributed by atoms with Crippen LogP contribution in [0.5, 0.6) is 11.5 Å². The molecule has 7 nitrogen and oxygen atoms in total. The average Bonchev–Trinajstić information content (AvgIpc) is 3.08. The highest BCUT2D eigenvalue weighted by atomic mass is 16.5. The van der Waals surface area contributed by atoms with Gasteiger partial charge in [0.05, 0.1) is 36.0 Å². The maximum atomic E-state index is 13.0. The summed E-state index contributed by atoms with van der Waals surface area (Å²) >= 11 is 0. The molecule has 1 amide bonds. The van der Waals surface area contributed by atoms with Crippen molar-refractivity contribution in [3.05, 3.63) is 54.0 Å². The summed E-state index contributed by atoms with van der Waals surface area (Å²) in [4.78, 5) is 17.8. The lowest BCUT2D eigenvalue weighted by Crippen LogP contribution is -2.63. The molecule has 3 aliphatic carbocycles. The largest absolute Gasteiger partial charge is 0.496 e. The minimum atomic E-state index is -0.277. The number of anilines is 1. The second-order valence-electron chi connectivity index (χ2n) is 8.97. The van der Waals surface area contributed by atoms with Crippen molar-refractivity contribution in [1.82, 2.24) is 9.38 Å². The van der Waals surface area contributed by atoms with Crippen LogP contribution in [0.2, 0.25) is 0 Å². The summed E-state index contributed by atoms with van der Waals surface area (Å²) in [5.74, 6) is 0.794. The van der Waals surface area contributed by atoms with Crippen LogP contribution >= 0.6 is 0 Å². The van der Waals surface area contributed by atoms with Crippen molar-refractivity contribution in [2.24, 2.45) is 5.41 Å². The van der Waals surface area contributed by atoms with E-state index in [0.717, 1.165) is 30.6 Å². The maximum Gasteiger partial charge on any atom is 0.259 e. The molecule has 3 aromatic rings. The van der Waals surface area contributed by atoms with Crippen LogP contribution in [0.4, 0.5) is 5.69 Å². The van der Waals surface area contributed by atoms with Gasteiger partial charge in [-0.15, -0.1) is 0 Å². The van der Waals surface area contributed by atoms with Gasteiger partial charge in [-0.3, -0.25) is 4.79 Å². The minimum absolute atomic E-state index is 0.0294. The number of pyridine rings is 1. The van der Waals surface area contributed by atoms with E-state index in [0.29, 0.717) is 22.7 Å². The number of hydrogen-bond acceptors (Lipinski definition) is 5. The first-order chi connectivity index (χ1) is 14.9. The van der Waals surface area contributed by atoms with Crippen molar-refractivity contribution in [3.8, 4) is 17.6 Å². The quantitative estimate of drug-likeness (QED) is 0.646. The molecule has 2 bridgehead atoms. The molecule has 3 saturated carbocycles. The number of para-hydroxylation sites is 1. The first kappa shape index (κ1) is 19.4. The fourth-order valence-corrected chi connectivity index (χ4v) is 4.92. The Bertz CT molecular complexity index is 1220. The standard InChI is InChI=1S/C24H24N4O3/c1-15(2)31-19-8-21-27-20(24-11-23(12-24,13-24)14-25)10-28(21)9-17(19)26-22(29)16-6-4-5-7-18(16)30-3/h4-10,15H,11-13H2,1-3H3,(H,26,29). The Morgan fingerprint density at radius 3 is 2.65 bits per heavy atom. The lowest BCUT2D eigenvalue weighted by molar-refractivity contribution is -0.0953. The number of amides is 1. The highest BCUT2D eigenvalue weighted by Crippen LogP contribution is 2.73. The molecule has 7 heteroatoms. The molecule has 1 N–H and O–H groups in total. The van der Waals surface area contributed by atoms with Gasteiger partial charge >= 0.3 is 0 Å². The van der Waals surface area contributed by atoms with E-state index in [4.69, 9.17) is 14.5 Å². The molecule has 31 heavy (non-hydrogen) atoms. The predicted octanol–water partition coefficient (Wildman–Crippen LogP) is 4.33. The number of benzene rings is 1. The third kappa shape index (κ3) is 3.02. The van der Waals surface area contributed by atoms with Crippen LogP contribution in [-0.4, -0.2) is 28.5 Å². The highest BCUT2D eigenvalue weighted by Gasteiger charge is 2.70. The predicted molar refractivity (Wildman–Crippen MR) is 115 cm³/mol. The molecule has 0 spiro atoms. The Labute approximate surface area is 180 Å². The molecule has 0 aliphatic heterocycles. The maximum absolute atomic E-state index is 13.0. The molecular formula is C24H24N4O3. The first-order valence-corrected chi connectivity index (χ1v) is 10.4. The van der Waals surface area contributed by atoms with Crippen molar-refractivity contribution in [3.63, 3.8) is 0 Å². The van der Waals surface area contributed by atoms with Gasteiger partial charge in [-0.05, 0) is 45.2 Å². The van der Waals surface area contributed by atoms with Crippen LogP contribution < -0.4 is 14.8 Å². The van der Waals surface area contributed by atoms with Gasteiger partial charge in [0.25, 0.3) is 5.91 Å². The number of nitriles is 1. The van der Waals surface area contributed by atoms with Gasteiger partial charge in [-0.25, -0.2) is 4.98 Å². The van der Waals surface area contributed by atoms with E-state index in [1.54, 1.807) is 25.3 Å². The second kappa shape index (κ2) is 6.74. The Kier molecular flexibility index (Phi) is 4.23. The number of nitrogens with one attached hydrogen (secondary N) is 1. The van der Waals surface area contributed by atoms with Crippen LogP contribution in [0.25, 0.3) is 5.65 Å². The number of carbonyl (C=O) groups excluding carboxylic acids is 1. The van der Waals surface area contributed by atoms with E-state index >= 15 is 0 Å². The Morgan fingerprint density at radius 2 is 1.97 bits per heavy atom. The number of rotatable bonds is 6. The molecule has 0 radical (unpaired) electrons. The van der Waals surface area contributed by atoms with Gasteiger partial charge in [0.2, 0.25) is 0 Å². The lowest BCUT2D eigenvalue weighted by atomic mass is 9.35. The van der Waals surface area contributed by atoms with E-state index in [9.17, 15) is 10.1 Å². The molecule has 6 rings (SSSR count). The van der Waals surface area contributed by atoms with E-state index < -0.39 is 0 Å². The Hall–Kier alpha value is -3.53. The van der Waals surface area contributed by atoms with Gasteiger partial charge in [0.15, 0.2) is 0 Å². The lowest BCUT2D eigenvalue weighted by Gasteiger charge is -2.66. The van der Waals surface area contributed by atoms with Crippen LogP contribution in [0.1, 0.15) is 49.2 Å². The number of ether oxygens (including phenoxy) is 2. The van der Waals surface area contributed by atoms with E-state index in [2.05, 4.69) is 11.4 Å². The zero-order valence-corrected chi connectivity index (χ0v) is 17.8. The van der Waals surface area contributed by atoms with Gasteiger partial charge in [-0.2, -0.15) is 5.26 Å². The Morgan fingerprint density at radius 1 is 1.23 bits per heavy atom. The fraction of sp³-hybridized carbons (Fsp3) is 0.375. The van der Waals surface area contributed by atoms with Crippen LogP contribution in [0, 0.1) is 16.7 Å². The van der Waals surface area contributed by atoms with E-state index in [-0.39, 0.29) is 22.8 Å². The molecule has 158 valence electrons. The molecule has 0 atom stereocenters. The third-order valence-electron chi connectivity index (χ3n) is 6.33. The number of carbonyl (C=O) groups is 1. The number of methoxy groups -OCH3 is 1. The highest BCUT2D eigenvalue weighted by molar-refractivity contribution is 6.06. The van der Waals surface area contributed by atoms with Crippen molar-refractivity contribution < 1.29 is 14.3 Å². The molecule has 2 aromatic heterocycles. The van der Waals surface area contributed by atoms with E-state index in [1.165, 1.54) is 0 Å². The van der Waals surface area contributed by atoms with Gasteiger partial charge in [-0.1, -0.05) is 12.1 Å². The average molecular weight is 416 g/mol. The van der Waals surface area contributed by atoms with Crippen molar-refractivity contribution >= 4 is 17.2 Å². The molecule has 2 heterocycles. The molecule has 3 aliphatic rings. The number of fused-ring (bicyclic) bond motifs is 1. The van der Waals surface area contributed by atoms with Crippen molar-refractivity contribution in [1.29, 1.82) is 5.26 Å². The summed E-state index contributed by atoms with van der Waals surface area (Å²) in [7, 11) is 1.54. The zero-order chi connectivity index (χ0) is 21.8. The summed E-state index contributed by atoms with van der Waals surface area (Å²) in [5.41, 5.74) is 2.68. The topological polar surface area (TPSA) is 88.7 Å².